The number of carbonyl (C=O) groups is 3. The molecule has 2 heterocycles. The molecule has 9 nitrogen and oxygen atoms in total. The molecule has 3 rings (SSSR count). The van der Waals surface area contributed by atoms with Crippen LogP contribution in [0.25, 0.3) is 0 Å². The van der Waals surface area contributed by atoms with Crippen LogP contribution in [-0.4, -0.2) is 80.9 Å². The van der Waals surface area contributed by atoms with E-state index in [4.69, 9.17) is 0 Å². The number of amides is 3. The lowest BCUT2D eigenvalue weighted by Crippen LogP contribution is -2.50. The summed E-state index contributed by atoms with van der Waals surface area (Å²) in [5.41, 5.74) is 0.774. The maximum Gasteiger partial charge on any atom is 0.227 e. The zero-order chi connectivity index (χ0) is 21.0. The number of rotatable bonds is 6. The third-order valence-electron chi connectivity index (χ3n) is 5.26. The molecule has 2 aliphatic heterocycles. The van der Waals surface area contributed by atoms with E-state index in [9.17, 15) is 22.8 Å². The molecule has 0 aromatic heterocycles. The normalized spacial score (nSPS) is 20.7. The van der Waals surface area contributed by atoms with Gasteiger partial charge in [-0.3, -0.25) is 14.4 Å². The first kappa shape index (κ1) is 21.3. The Morgan fingerprint density at radius 2 is 1.76 bits per heavy atom. The molecule has 1 aromatic rings. The summed E-state index contributed by atoms with van der Waals surface area (Å²) in [5.74, 6) is -0.870. The lowest BCUT2D eigenvalue weighted by atomic mass is 10.1. The highest BCUT2D eigenvalue weighted by atomic mass is 32.2. The Hall–Kier alpha value is -2.46. The van der Waals surface area contributed by atoms with E-state index in [1.54, 1.807) is 9.80 Å². The lowest BCUT2D eigenvalue weighted by Gasteiger charge is -2.33. The number of nitrogens with zero attached hydrogens (tertiary/aromatic N) is 3. The standard InChI is InChI=1S/C19H26N4O5S/c1-29(27,28)22-11-9-21(10-12-22)17(24)7-8-20-19(26)15-13-18(25)23(14-15)16-5-3-2-4-6-16/h2-6,15H,7-14H2,1H3,(H,20,26). The fraction of sp³-hybridized carbons (Fsp3) is 0.526. The van der Waals surface area contributed by atoms with Crippen LogP contribution >= 0.6 is 0 Å². The number of nitrogens with one attached hydrogen (secondary N) is 1. The van der Waals surface area contributed by atoms with Crippen molar-refractivity contribution in [1.29, 1.82) is 0 Å². The van der Waals surface area contributed by atoms with Crippen molar-refractivity contribution in [2.75, 3.05) is 50.4 Å². The molecule has 2 saturated heterocycles. The Balaban J connectivity index is 1.41. The van der Waals surface area contributed by atoms with Crippen LogP contribution in [0.15, 0.2) is 30.3 Å². The molecule has 3 amide bonds. The summed E-state index contributed by atoms with van der Waals surface area (Å²) in [5, 5.41) is 2.75. The van der Waals surface area contributed by atoms with E-state index in [0.29, 0.717) is 19.6 Å². The van der Waals surface area contributed by atoms with Gasteiger partial charge in [-0.15, -0.1) is 0 Å². The summed E-state index contributed by atoms with van der Waals surface area (Å²) in [6.45, 7) is 1.80. The van der Waals surface area contributed by atoms with Gasteiger partial charge in [-0.25, -0.2) is 8.42 Å². The van der Waals surface area contributed by atoms with Gasteiger partial charge >= 0.3 is 0 Å². The van der Waals surface area contributed by atoms with Crippen molar-refractivity contribution in [2.45, 2.75) is 12.8 Å². The maximum absolute atomic E-state index is 12.4. The maximum atomic E-state index is 12.4. The van der Waals surface area contributed by atoms with Crippen LogP contribution in [0.2, 0.25) is 0 Å². The van der Waals surface area contributed by atoms with Crippen molar-refractivity contribution in [3.63, 3.8) is 0 Å². The minimum atomic E-state index is -3.23. The molecule has 1 N–H and O–H groups in total. The summed E-state index contributed by atoms with van der Waals surface area (Å²) < 4.78 is 24.4. The van der Waals surface area contributed by atoms with Crippen molar-refractivity contribution in [2.24, 2.45) is 5.92 Å². The summed E-state index contributed by atoms with van der Waals surface area (Å²) in [4.78, 5) is 40.1. The number of para-hydroxylation sites is 1. The highest BCUT2D eigenvalue weighted by Crippen LogP contribution is 2.24. The van der Waals surface area contributed by atoms with Gasteiger partial charge in [0, 0.05) is 57.8 Å². The number of benzene rings is 1. The van der Waals surface area contributed by atoms with Gasteiger partial charge in [0.1, 0.15) is 0 Å². The van der Waals surface area contributed by atoms with E-state index in [0.717, 1.165) is 11.9 Å². The number of piperazine rings is 1. The van der Waals surface area contributed by atoms with E-state index in [-0.39, 0.29) is 50.2 Å². The average Bonchev–Trinajstić information content (AvgIpc) is 3.10. The molecule has 2 fully saturated rings. The minimum absolute atomic E-state index is 0.0869. The summed E-state index contributed by atoms with van der Waals surface area (Å²) >= 11 is 0. The summed E-state index contributed by atoms with van der Waals surface area (Å²) in [6, 6.07) is 9.22. The smallest absolute Gasteiger partial charge is 0.227 e. The third kappa shape index (κ3) is 5.33. The zero-order valence-electron chi connectivity index (χ0n) is 16.4. The Morgan fingerprint density at radius 1 is 1.10 bits per heavy atom. The minimum Gasteiger partial charge on any atom is -0.355 e. The van der Waals surface area contributed by atoms with Crippen molar-refractivity contribution < 1.29 is 22.8 Å². The first-order valence-corrected chi connectivity index (χ1v) is 11.5. The molecule has 158 valence electrons. The van der Waals surface area contributed by atoms with Crippen molar-refractivity contribution in [1.82, 2.24) is 14.5 Å². The second-order valence-corrected chi connectivity index (χ2v) is 9.31. The fourth-order valence-electron chi connectivity index (χ4n) is 3.60. The second kappa shape index (κ2) is 8.91. The fourth-order valence-corrected chi connectivity index (χ4v) is 4.43. The predicted molar refractivity (Wildman–Crippen MR) is 108 cm³/mol. The average molecular weight is 423 g/mol. The predicted octanol–water partition coefficient (Wildman–Crippen LogP) is -0.350. The molecule has 1 unspecified atom stereocenters. The van der Waals surface area contributed by atoms with Crippen LogP contribution in [-0.2, 0) is 24.4 Å². The van der Waals surface area contributed by atoms with E-state index in [1.807, 2.05) is 30.3 Å². The van der Waals surface area contributed by atoms with Crippen LogP contribution < -0.4 is 10.2 Å². The summed E-state index contributed by atoms with van der Waals surface area (Å²) in [6.07, 6.45) is 1.46. The van der Waals surface area contributed by atoms with Crippen LogP contribution in [0.1, 0.15) is 12.8 Å². The van der Waals surface area contributed by atoms with E-state index in [2.05, 4.69) is 5.32 Å². The van der Waals surface area contributed by atoms with Crippen LogP contribution in [0.5, 0.6) is 0 Å². The van der Waals surface area contributed by atoms with Gasteiger partial charge in [0.05, 0.1) is 12.2 Å². The highest BCUT2D eigenvalue weighted by molar-refractivity contribution is 7.88. The quantitative estimate of drug-likeness (QED) is 0.674. The second-order valence-electron chi connectivity index (χ2n) is 7.32. The topological polar surface area (TPSA) is 107 Å². The molecule has 2 aliphatic rings. The SMILES string of the molecule is CS(=O)(=O)N1CCN(C(=O)CCNC(=O)C2CC(=O)N(c3ccccc3)C2)CC1. The molecule has 0 spiro atoms. The first-order valence-electron chi connectivity index (χ1n) is 9.62. The molecule has 1 atom stereocenters. The third-order valence-corrected chi connectivity index (χ3v) is 6.57. The summed E-state index contributed by atoms with van der Waals surface area (Å²) in [7, 11) is -3.23. The van der Waals surface area contributed by atoms with Gasteiger partial charge < -0.3 is 15.1 Å². The molecule has 0 aliphatic carbocycles. The van der Waals surface area contributed by atoms with Gasteiger partial charge in [0.2, 0.25) is 27.7 Å². The van der Waals surface area contributed by atoms with Crippen LogP contribution in [0, 0.1) is 5.92 Å². The zero-order valence-corrected chi connectivity index (χ0v) is 17.2. The van der Waals surface area contributed by atoms with E-state index < -0.39 is 15.9 Å². The Bertz CT molecular complexity index is 866. The number of carbonyl (C=O) groups excluding carboxylic acids is 3. The van der Waals surface area contributed by atoms with E-state index in [1.165, 1.54) is 4.31 Å². The molecule has 0 saturated carbocycles. The number of hydrogen-bond donors (Lipinski definition) is 1. The van der Waals surface area contributed by atoms with Gasteiger partial charge in [-0.05, 0) is 12.1 Å². The van der Waals surface area contributed by atoms with Crippen LogP contribution in [0.4, 0.5) is 5.69 Å². The number of sulfonamides is 1. The van der Waals surface area contributed by atoms with Crippen molar-refractivity contribution in [3.8, 4) is 0 Å². The molecule has 10 heteroatoms. The number of hydrogen-bond acceptors (Lipinski definition) is 5. The first-order chi connectivity index (χ1) is 13.8. The largest absolute Gasteiger partial charge is 0.355 e. The number of anilines is 1. The van der Waals surface area contributed by atoms with Gasteiger partial charge in [0.25, 0.3) is 0 Å². The monoisotopic (exact) mass is 422 g/mol. The Labute approximate surface area is 170 Å². The lowest BCUT2D eigenvalue weighted by molar-refractivity contribution is -0.132. The van der Waals surface area contributed by atoms with Gasteiger partial charge in [0.15, 0.2) is 0 Å². The van der Waals surface area contributed by atoms with Gasteiger partial charge in [-0.2, -0.15) is 4.31 Å². The molecular formula is C19H26N4O5S. The van der Waals surface area contributed by atoms with E-state index >= 15 is 0 Å². The van der Waals surface area contributed by atoms with Gasteiger partial charge in [-0.1, -0.05) is 18.2 Å². The Kier molecular flexibility index (Phi) is 6.53. The molecule has 0 radical (unpaired) electrons. The van der Waals surface area contributed by atoms with Crippen molar-refractivity contribution >= 4 is 33.4 Å². The molecule has 29 heavy (non-hydrogen) atoms. The molecule has 0 bridgehead atoms. The molecule has 1 aromatic carbocycles. The van der Waals surface area contributed by atoms with Crippen LogP contribution in [0.3, 0.4) is 0 Å². The Morgan fingerprint density at radius 3 is 2.38 bits per heavy atom. The highest BCUT2D eigenvalue weighted by Gasteiger charge is 2.35. The molecular weight excluding hydrogens is 396 g/mol. The van der Waals surface area contributed by atoms with Crippen molar-refractivity contribution in [3.05, 3.63) is 30.3 Å².